The average Bonchev–Trinajstić information content (AvgIpc) is 2.45. The summed E-state index contributed by atoms with van der Waals surface area (Å²) in [6, 6.07) is 10.1. The van der Waals surface area contributed by atoms with E-state index in [1.54, 1.807) is 0 Å². The fraction of sp³-hybridized carbons (Fsp3) is 0.632. The van der Waals surface area contributed by atoms with Crippen molar-refractivity contribution in [2.75, 3.05) is 0 Å². The molecule has 0 heterocycles. The van der Waals surface area contributed by atoms with Crippen LogP contribution in [0.15, 0.2) is 30.3 Å². The summed E-state index contributed by atoms with van der Waals surface area (Å²) in [6.45, 7) is 9.85. The molecule has 2 heteroatoms. The Bertz CT molecular complexity index is 395. The van der Waals surface area contributed by atoms with E-state index in [9.17, 15) is 4.79 Å². The number of carbonyl (C=O) groups excluding carboxylic acids is 1. The summed E-state index contributed by atoms with van der Waals surface area (Å²) in [6.07, 6.45) is 4.04. The van der Waals surface area contributed by atoms with Gasteiger partial charge in [-0.2, -0.15) is 0 Å². The zero-order valence-corrected chi connectivity index (χ0v) is 14.1. The SMILES string of the molecule is CC(C)C(CCCCC(=O)NCc1ccccc1)C(C)C.[HH]. The van der Waals surface area contributed by atoms with Crippen LogP contribution in [0.25, 0.3) is 0 Å². The number of carbonyl (C=O) groups is 1. The summed E-state index contributed by atoms with van der Waals surface area (Å²) in [5, 5.41) is 2.99. The Morgan fingerprint density at radius 2 is 1.67 bits per heavy atom. The predicted octanol–water partition coefficient (Wildman–Crippen LogP) is 5.04. The summed E-state index contributed by atoms with van der Waals surface area (Å²) in [5.41, 5.74) is 1.16. The fourth-order valence-electron chi connectivity index (χ4n) is 2.99. The molecule has 21 heavy (non-hydrogen) atoms. The molecule has 0 aliphatic heterocycles. The highest BCUT2D eigenvalue weighted by atomic mass is 16.1. The molecule has 0 aromatic heterocycles. The molecular formula is C19H33NO. The van der Waals surface area contributed by atoms with Crippen molar-refractivity contribution in [3.8, 4) is 0 Å². The Morgan fingerprint density at radius 3 is 2.24 bits per heavy atom. The lowest BCUT2D eigenvalue weighted by Gasteiger charge is -2.24. The quantitative estimate of drug-likeness (QED) is 0.635. The van der Waals surface area contributed by atoms with Crippen molar-refractivity contribution in [3.05, 3.63) is 35.9 Å². The van der Waals surface area contributed by atoms with Crippen LogP contribution in [0.5, 0.6) is 0 Å². The van der Waals surface area contributed by atoms with Crippen LogP contribution in [0.2, 0.25) is 0 Å². The summed E-state index contributed by atoms with van der Waals surface area (Å²) in [7, 11) is 0. The van der Waals surface area contributed by atoms with Gasteiger partial charge in [-0.1, -0.05) is 64.4 Å². The maximum absolute atomic E-state index is 11.8. The molecule has 120 valence electrons. The first-order valence-corrected chi connectivity index (χ1v) is 8.31. The molecule has 0 saturated carbocycles. The Balaban J connectivity index is 0.00000441. The van der Waals surface area contributed by atoms with Crippen molar-refractivity contribution >= 4 is 5.91 Å². The Morgan fingerprint density at radius 1 is 1.05 bits per heavy atom. The lowest BCUT2D eigenvalue weighted by Crippen LogP contribution is -2.22. The van der Waals surface area contributed by atoms with Crippen LogP contribution < -0.4 is 5.32 Å². The molecule has 0 aliphatic rings. The molecule has 0 spiro atoms. The van der Waals surface area contributed by atoms with E-state index in [0.29, 0.717) is 13.0 Å². The molecule has 0 radical (unpaired) electrons. The fourth-order valence-corrected chi connectivity index (χ4v) is 2.99. The molecule has 0 fully saturated rings. The molecule has 2 nitrogen and oxygen atoms in total. The zero-order valence-electron chi connectivity index (χ0n) is 14.1. The average molecular weight is 291 g/mol. The second-order valence-electron chi connectivity index (χ2n) is 6.66. The van der Waals surface area contributed by atoms with E-state index < -0.39 is 0 Å². The minimum Gasteiger partial charge on any atom is -0.352 e. The van der Waals surface area contributed by atoms with E-state index in [1.807, 2.05) is 30.3 Å². The van der Waals surface area contributed by atoms with Crippen LogP contribution in [-0.4, -0.2) is 5.91 Å². The van der Waals surface area contributed by atoms with Gasteiger partial charge in [0, 0.05) is 14.4 Å². The summed E-state index contributed by atoms with van der Waals surface area (Å²) >= 11 is 0. The van der Waals surface area contributed by atoms with E-state index in [0.717, 1.165) is 36.2 Å². The van der Waals surface area contributed by atoms with Crippen LogP contribution in [0.1, 0.15) is 60.4 Å². The van der Waals surface area contributed by atoms with Gasteiger partial charge in [0.1, 0.15) is 0 Å². The molecule has 1 amide bonds. The molecule has 1 rings (SSSR count). The van der Waals surface area contributed by atoms with Gasteiger partial charge >= 0.3 is 0 Å². The topological polar surface area (TPSA) is 29.1 Å². The van der Waals surface area contributed by atoms with Crippen molar-refractivity contribution in [1.29, 1.82) is 0 Å². The first-order valence-electron chi connectivity index (χ1n) is 8.31. The monoisotopic (exact) mass is 291 g/mol. The van der Waals surface area contributed by atoms with Crippen molar-refractivity contribution < 1.29 is 6.22 Å². The Hall–Kier alpha value is -1.31. The van der Waals surface area contributed by atoms with Crippen molar-refractivity contribution in [2.24, 2.45) is 17.8 Å². The number of nitrogens with one attached hydrogen (secondary N) is 1. The highest BCUT2D eigenvalue weighted by Gasteiger charge is 2.16. The molecule has 1 N–H and O–H groups in total. The molecule has 0 aliphatic carbocycles. The van der Waals surface area contributed by atoms with E-state index in [-0.39, 0.29) is 7.33 Å². The lowest BCUT2D eigenvalue weighted by molar-refractivity contribution is -0.121. The number of benzene rings is 1. The Labute approximate surface area is 131 Å². The van der Waals surface area contributed by atoms with Crippen molar-refractivity contribution in [3.63, 3.8) is 0 Å². The molecule has 0 saturated heterocycles. The van der Waals surface area contributed by atoms with E-state index in [2.05, 4.69) is 33.0 Å². The van der Waals surface area contributed by atoms with Crippen LogP contribution in [0.4, 0.5) is 0 Å². The maximum Gasteiger partial charge on any atom is 0.220 e. The first kappa shape index (κ1) is 17.7. The highest BCUT2D eigenvalue weighted by molar-refractivity contribution is 5.75. The van der Waals surface area contributed by atoms with Gasteiger partial charge in [0.25, 0.3) is 0 Å². The standard InChI is InChI=1S/C19H31NO.H2/c1-15(2)18(16(3)4)12-8-9-13-19(21)20-14-17-10-6-5-7-11-17;/h5-7,10-11,15-16,18H,8-9,12-14H2,1-4H3,(H,20,21);1H. The Kier molecular flexibility index (Phi) is 8.11. The summed E-state index contributed by atoms with van der Waals surface area (Å²) < 4.78 is 0. The van der Waals surface area contributed by atoms with Crippen molar-refractivity contribution in [1.82, 2.24) is 5.32 Å². The molecule has 0 atom stereocenters. The number of amides is 1. The van der Waals surface area contributed by atoms with Crippen LogP contribution >= 0.6 is 0 Å². The molecule has 1 aromatic carbocycles. The van der Waals surface area contributed by atoms with Gasteiger partial charge in [-0.05, 0) is 36.2 Å². The van der Waals surface area contributed by atoms with Gasteiger partial charge in [0.15, 0.2) is 0 Å². The third kappa shape index (κ3) is 7.31. The zero-order chi connectivity index (χ0) is 15.7. The lowest BCUT2D eigenvalue weighted by atomic mass is 9.82. The third-order valence-corrected chi connectivity index (χ3v) is 4.24. The first-order chi connectivity index (χ1) is 10.0. The smallest absolute Gasteiger partial charge is 0.220 e. The van der Waals surface area contributed by atoms with E-state index in [1.165, 1.54) is 6.42 Å². The number of unbranched alkanes of at least 4 members (excludes halogenated alkanes) is 1. The minimum atomic E-state index is 0. The van der Waals surface area contributed by atoms with Gasteiger partial charge in [-0.3, -0.25) is 4.79 Å². The van der Waals surface area contributed by atoms with Gasteiger partial charge < -0.3 is 5.32 Å². The van der Waals surface area contributed by atoms with Gasteiger partial charge in [0.2, 0.25) is 5.91 Å². The number of rotatable bonds is 9. The van der Waals surface area contributed by atoms with Gasteiger partial charge in [0.05, 0.1) is 0 Å². The molecule has 1 aromatic rings. The summed E-state index contributed by atoms with van der Waals surface area (Å²) in [5.74, 6) is 2.41. The predicted molar refractivity (Wildman–Crippen MR) is 92.0 cm³/mol. The third-order valence-electron chi connectivity index (χ3n) is 4.24. The van der Waals surface area contributed by atoms with E-state index in [4.69, 9.17) is 0 Å². The van der Waals surface area contributed by atoms with Gasteiger partial charge in [-0.15, -0.1) is 0 Å². The second kappa shape index (κ2) is 9.59. The van der Waals surface area contributed by atoms with Gasteiger partial charge in [-0.25, -0.2) is 0 Å². The number of hydrogen-bond donors (Lipinski definition) is 1. The second-order valence-corrected chi connectivity index (χ2v) is 6.66. The maximum atomic E-state index is 11.8. The number of hydrogen-bond acceptors (Lipinski definition) is 1. The largest absolute Gasteiger partial charge is 0.352 e. The molecule has 0 bridgehead atoms. The normalized spacial score (nSPS) is 11.4. The summed E-state index contributed by atoms with van der Waals surface area (Å²) in [4.78, 5) is 11.8. The minimum absolute atomic E-state index is 0. The highest BCUT2D eigenvalue weighted by Crippen LogP contribution is 2.26. The van der Waals surface area contributed by atoms with E-state index >= 15 is 0 Å². The van der Waals surface area contributed by atoms with Crippen LogP contribution in [0.3, 0.4) is 0 Å². The van der Waals surface area contributed by atoms with Crippen LogP contribution in [0, 0.1) is 17.8 Å². The van der Waals surface area contributed by atoms with Crippen LogP contribution in [-0.2, 0) is 11.3 Å². The molecule has 0 unspecified atom stereocenters. The van der Waals surface area contributed by atoms with Crippen molar-refractivity contribution in [2.45, 2.75) is 59.9 Å². The molecular weight excluding hydrogens is 258 g/mol.